The van der Waals surface area contributed by atoms with Gasteiger partial charge in [-0.1, -0.05) is 50.6 Å². The Morgan fingerprint density at radius 3 is 2.39 bits per heavy atom. The number of rotatable bonds is 6. The molecule has 31 heavy (non-hydrogen) atoms. The Balaban J connectivity index is 2.21. The molecule has 0 amide bonds. The highest BCUT2D eigenvalue weighted by Gasteiger charge is 2.24. The first-order chi connectivity index (χ1) is 14.3. The quantitative estimate of drug-likeness (QED) is 0.514. The monoisotopic (exact) mass is 465 g/mol. The average Bonchev–Trinajstić information content (AvgIpc) is 2.97. The van der Waals surface area contributed by atoms with E-state index >= 15 is 4.39 Å². The number of fused-ring (bicyclic) bond motifs is 1. The summed E-state index contributed by atoms with van der Waals surface area (Å²) in [5.41, 5.74) is 2.55. The van der Waals surface area contributed by atoms with Gasteiger partial charge in [-0.15, -0.1) is 0 Å². The van der Waals surface area contributed by atoms with Crippen molar-refractivity contribution in [2.75, 3.05) is 14.1 Å². The molecule has 0 fully saturated rings. The van der Waals surface area contributed by atoms with Crippen molar-refractivity contribution in [3.63, 3.8) is 0 Å². The van der Waals surface area contributed by atoms with Gasteiger partial charge in [-0.25, -0.2) is 4.39 Å². The van der Waals surface area contributed by atoms with Crippen LogP contribution in [0.2, 0.25) is 5.02 Å². The van der Waals surface area contributed by atoms with Gasteiger partial charge in [0.05, 0.1) is 0 Å². The molecule has 0 aliphatic heterocycles. The zero-order chi connectivity index (χ0) is 23.1. The maximum atomic E-state index is 15.2. The van der Waals surface area contributed by atoms with Crippen molar-refractivity contribution in [3.05, 3.63) is 59.0 Å². The number of hydrogen-bond donors (Lipinski definition) is 1. The van der Waals surface area contributed by atoms with E-state index in [4.69, 9.17) is 11.6 Å². The normalized spacial score (nSPS) is 13.8. The second kappa shape index (κ2) is 8.54. The lowest BCUT2D eigenvalue weighted by Gasteiger charge is -2.20. The summed E-state index contributed by atoms with van der Waals surface area (Å²) in [6.07, 6.45) is 1.91. The Morgan fingerprint density at radius 1 is 1.16 bits per heavy atom. The lowest BCUT2D eigenvalue weighted by atomic mass is 9.96. The number of nitrogens with one attached hydrogen (secondary N) is 1. The van der Waals surface area contributed by atoms with Crippen molar-refractivity contribution in [1.82, 2.24) is 13.6 Å². The summed E-state index contributed by atoms with van der Waals surface area (Å²) in [6, 6.07) is 9.89. The van der Waals surface area contributed by atoms with Crippen LogP contribution in [0.1, 0.15) is 39.3 Å². The number of nitrogens with zero attached hydrogens (tertiary/aromatic N) is 2. The minimum atomic E-state index is -3.64. The van der Waals surface area contributed by atoms with Crippen LogP contribution in [0.5, 0.6) is 0 Å². The topological polar surface area (TPSA) is 54.3 Å². The van der Waals surface area contributed by atoms with Gasteiger partial charge in [0.15, 0.2) is 0 Å². The highest BCUT2D eigenvalue weighted by Crippen LogP contribution is 2.36. The fourth-order valence-corrected chi connectivity index (χ4v) is 4.62. The van der Waals surface area contributed by atoms with Crippen molar-refractivity contribution >= 4 is 32.7 Å². The zero-order valence-electron chi connectivity index (χ0n) is 18.7. The third-order valence-electron chi connectivity index (χ3n) is 5.08. The third-order valence-corrected chi connectivity index (χ3v) is 7.02. The van der Waals surface area contributed by atoms with Gasteiger partial charge >= 0.3 is 0 Å². The van der Waals surface area contributed by atoms with Crippen molar-refractivity contribution in [3.8, 4) is 11.1 Å². The summed E-state index contributed by atoms with van der Waals surface area (Å²) < 4.78 is 45.8. The first-order valence-electron chi connectivity index (χ1n) is 10.1. The molecule has 0 spiro atoms. The van der Waals surface area contributed by atoms with Crippen molar-refractivity contribution in [1.29, 1.82) is 0 Å². The standard InChI is InChI=1S/C23H29ClFN3O2S/c1-15(26-31(29,30)27(5)6)19-13-28(14-23(2,3)4)22-12-17(21(25)11-18(19)22)16-9-7-8-10-20(16)24/h7-13,15,26H,14H2,1-6H3/t15-/m1/s1. The molecule has 0 saturated heterocycles. The van der Waals surface area contributed by atoms with E-state index in [0.29, 0.717) is 33.6 Å². The predicted molar refractivity (Wildman–Crippen MR) is 126 cm³/mol. The van der Waals surface area contributed by atoms with E-state index in [-0.39, 0.29) is 5.41 Å². The SMILES string of the molecule is C[C@@H](NS(=O)(=O)N(C)C)c1cn(CC(C)(C)C)c2cc(-c3ccccc3Cl)c(F)cc12. The Bertz CT molecular complexity index is 1210. The van der Waals surface area contributed by atoms with Gasteiger partial charge in [-0.3, -0.25) is 0 Å². The second-order valence-electron chi connectivity index (χ2n) is 9.23. The molecule has 1 heterocycles. The van der Waals surface area contributed by atoms with E-state index in [0.717, 1.165) is 9.82 Å². The van der Waals surface area contributed by atoms with Crippen molar-refractivity contribution in [2.24, 2.45) is 5.41 Å². The highest BCUT2D eigenvalue weighted by molar-refractivity contribution is 7.87. The van der Waals surface area contributed by atoms with Gasteiger partial charge in [0.25, 0.3) is 10.2 Å². The Kier molecular flexibility index (Phi) is 6.54. The summed E-state index contributed by atoms with van der Waals surface area (Å²) in [5, 5.41) is 1.15. The molecule has 2 aromatic carbocycles. The molecule has 8 heteroatoms. The van der Waals surface area contributed by atoms with Gasteiger partial charge in [0.2, 0.25) is 0 Å². The number of aromatic nitrogens is 1. The van der Waals surface area contributed by atoms with E-state index in [1.165, 1.54) is 20.2 Å². The first-order valence-corrected chi connectivity index (χ1v) is 11.9. The molecule has 1 atom stereocenters. The smallest absolute Gasteiger partial charge is 0.279 e. The largest absolute Gasteiger partial charge is 0.347 e. The maximum Gasteiger partial charge on any atom is 0.279 e. The van der Waals surface area contributed by atoms with Crippen LogP contribution < -0.4 is 4.72 Å². The summed E-state index contributed by atoms with van der Waals surface area (Å²) in [4.78, 5) is 0. The Morgan fingerprint density at radius 2 is 1.81 bits per heavy atom. The van der Waals surface area contributed by atoms with Crippen molar-refractivity contribution < 1.29 is 12.8 Å². The number of benzene rings is 2. The lowest BCUT2D eigenvalue weighted by molar-refractivity contribution is 0.349. The molecule has 0 radical (unpaired) electrons. The molecule has 168 valence electrons. The molecule has 0 bridgehead atoms. The fourth-order valence-electron chi connectivity index (χ4n) is 3.60. The third kappa shape index (κ3) is 5.12. The molecule has 0 aliphatic rings. The predicted octanol–water partition coefficient (Wildman–Crippen LogP) is 5.60. The van der Waals surface area contributed by atoms with Gasteiger partial charge in [0.1, 0.15) is 5.82 Å². The molecule has 5 nitrogen and oxygen atoms in total. The van der Waals surface area contributed by atoms with Crippen LogP contribution in [-0.4, -0.2) is 31.4 Å². The molecule has 1 N–H and O–H groups in total. The lowest BCUT2D eigenvalue weighted by Crippen LogP contribution is -2.37. The molecular weight excluding hydrogens is 437 g/mol. The second-order valence-corrected chi connectivity index (χ2v) is 11.6. The summed E-state index contributed by atoms with van der Waals surface area (Å²) in [7, 11) is -0.713. The Hall–Kier alpha value is -1.93. The average molecular weight is 466 g/mol. The van der Waals surface area contributed by atoms with Crippen molar-refractivity contribution in [2.45, 2.75) is 40.3 Å². The van der Waals surface area contributed by atoms with Crippen LogP contribution in [0.3, 0.4) is 0 Å². The summed E-state index contributed by atoms with van der Waals surface area (Å²) in [6.45, 7) is 8.81. The minimum absolute atomic E-state index is 0.0332. The van der Waals surface area contributed by atoms with Crippen LogP contribution in [-0.2, 0) is 16.8 Å². The van der Waals surface area contributed by atoms with Crippen LogP contribution in [0.25, 0.3) is 22.0 Å². The van der Waals surface area contributed by atoms with E-state index in [1.807, 2.05) is 12.3 Å². The Labute approximate surface area is 189 Å². The van der Waals surface area contributed by atoms with Gasteiger partial charge in [-0.05, 0) is 36.1 Å². The molecular formula is C23H29ClFN3O2S. The molecule has 0 aliphatic carbocycles. The van der Waals surface area contributed by atoms with E-state index in [9.17, 15) is 8.42 Å². The zero-order valence-corrected chi connectivity index (χ0v) is 20.3. The van der Waals surface area contributed by atoms with E-state index < -0.39 is 22.1 Å². The molecule has 1 aromatic heterocycles. The highest BCUT2D eigenvalue weighted by atomic mass is 35.5. The van der Waals surface area contributed by atoms with Crippen LogP contribution in [0, 0.1) is 11.2 Å². The van der Waals surface area contributed by atoms with Gasteiger partial charge in [-0.2, -0.15) is 17.4 Å². The number of halogens is 2. The van der Waals surface area contributed by atoms with Crippen LogP contribution in [0.15, 0.2) is 42.6 Å². The summed E-state index contributed by atoms with van der Waals surface area (Å²) >= 11 is 6.33. The summed E-state index contributed by atoms with van der Waals surface area (Å²) in [5.74, 6) is -0.405. The molecule has 3 aromatic rings. The molecule has 3 rings (SSSR count). The van der Waals surface area contributed by atoms with Crippen LogP contribution in [0.4, 0.5) is 4.39 Å². The van der Waals surface area contributed by atoms with E-state index in [2.05, 4.69) is 30.1 Å². The molecule has 0 saturated carbocycles. The van der Waals surface area contributed by atoms with E-state index in [1.54, 1.807) is 31.2 Å². The minimum Gasteiger partial charge on any atom is -0.347 e. The van der Waals surface area contributed by atoms with Crippen LogP contribution >= 0.6 is 11.6 Å². The molecule has 0 unspecified atom stereocenters. The number of hydrogen-bond acceptors (Lipinski definition) is 2. The van der Waals surface area contributed by atoms with Gasteiger partial charge < -0.3 is 4.57 Å². The fraction of sp³-hybridized carbons (Fsp3) is 0.391. The first kappa shape index (κ1) is 23.7. The maximum absolute atomic E-state index is 15.2. The van der Waals surface area contributed by atoms with Gasteiger partial charge in [0, 0.05) is 59.9 Å².